The highest BCUT2D eigenvalue weighted by atomic mass is 16.5. The molecule has 0 aliphatic heterocycles. The molecule has 4 aromatic carbocycles. The molecule has 0 unspecified atom stereocenters. The van der Waals surface area contributed by atoms with Crippen molar-refractivity contribution in [2.75, 3.05) is 28.4 Å². The van der Waals surface area contributed by atoms with E-state index in [0.29, 0.717) is 50.9 Å². The SMILES string of the molecule is COc1ccc(-c2nc3ccccc3c(=O)n2N=Cc2ccccc2OC(=O)c2cc(OC)c(OC)c(OC)c2)cc1. The predicted molar refractivity (Wildman–Crippen MR) is 158 cm³/mol. The van der Waals surface area contributed by atoms with Gasteiger partial charge in [-0.2, -0.15) is 9.78 Å². The lowest BCUT2D eigenvalue weighted by atomic mass is 10.1. The summed E-state index contributed by atoms with van der Waals surface area (Å²) in [6.45, 7) is 0. The van der Waals surface area contributed by atoms with Crippen LogP contribution in [0.15, 0.2) is 94.8 Å². The summed E-state index contributed by atoms with van der Waals surface area (Å²) in [5.74, 6) is 1.56. The number of hydrogen-bond donors (Lipinski definition) is 0. The summed E-state index contributed by atoms with van der Waals surface area (Å²) in [5, 5.41) is 4.91. The third-order valence-electron chi connectivity index (χ3n) is 6.44. The number of para-hydroxylation sites is 2. The van der Waals surface area contributed by atoms with Gasteiger partial charge in [-0.15, -0.1) is 0 Å². The van der Waals surface area contributed by atoms with Crippen molar-refractivity contribution in [2.45, 2.75) is 0 Å². The minimum absolute atomic E-state index is 0.188. The van der Waals surface area contributed by atoms with E-state index in [-0.39, 0.29) is 16.9 Å². The molecule has 0 amide bonds. The maximum absolute atomic E-state index is 13.6. The van der Waals surface area contributed by atoms with Gasteiger partial charge in [-0.05, 0) is 60.7 Å². The van der Waals surface area contributed by atoms with Crippen molar-refractivity contribution < 1.29 is 28.5 Å². The Labute approximate surface area is 241 Å². The summed E-state index contributed by atoms with van der Waals surface area (Å²) in [6, 6.07) is 24.1. The second-order valence-corrected chi connectivity index (χ2v) is 8.88. The lowest BCUT2D eigenvalue weighted by Crippen LogP contribution is -2.20. The van der Waals surface area contributed by atoms with Crippen LogP contribution in [-0.4, -0.2) is 50.3 Å². The van der Waals surface area contributed by atoms with Gasteiger partial charge in [0.1, 0.15) is 11.5 Å². The van der Waals surface area contributed by atoms with Crippen molar-refractivity contribution >= 4 is 23.1 Å². The van der Waals surface area contributed by atoms with Crippen LogP contribution in [0, 0.1) is 0 Å². The van der Waals surface area contributed by atoms with Crippen LogP contribution in [0.1, 0.15) is 15.9 Å². The number of aromatic nitrogens is 2. The molecular formula is C32H27N3O7. The topological polar surface area (TPSA) is 110 Å². The molecule has 0 saturated carbocycles. The van der Waals surface area contributed by atoms with Gasteiger partial charge in [0.25, 0.3) is 5.56 Å². The Kier molecular flexibility index (Phi) is 8.14. The fraction of sp³-hybridized carbons (Fsp3) is 0.125. The Hall–Kier alpha value is -5.64. The molecule has 5 aromatic rings. The van der Waals surface area contributed by atoms with E-state index in [4.69, 9.17) is 28.7 Å². The smallest absolute Gasteiger partial charge is 0.343 e. The molecule has 0 N–H and O–H groups in total. The van der Waals surface area contributed by atoms with Gasteiger partial charge >= 0.3 is 5.97 Å². The van der Waals surface area contributed by atoms with Crippen LogP contribution in [0.25, 0.3) is 22.3 Å². The highest BCUT2D eigenvalue weighted by Crippen LogP contribution is 2.38. The molecule has 0 spiro atoms. The quantitative estimate of drug-likeness (QED) is 0.136. The highest BCUT2D eigenvalue weighted by Gasteiger charge is 2.19. The second-order valence-electron chi connectivity index (χ2n) is 8.88. The van der Waals surface area contributed by atoms with Crippen molar-refractivity contribution in [1.82, 2.24) is 9.66 Å². The van der Waals surface area contributed by atoms with Crippen molar-refractivity contribution in [3.8, 4) is 40.1 Å². The Morgan fingerprint density at radius 1 is 0.786 bits per heavy atom. The van der Waals surface area contributed by atoms with E-state index >= 15 is 0 Å². The first-order valence-electron chi connectivity index (χ1n) is 12.8. The Morgan fingerprint density at radius 3 is 2.12 bits per heavy atom. The van der Waals surface area contributed by atoms with Gasteiger partial charge in [0, 0.05) is 11.1 Å². The molecule has 0 saturated heterocycles. The molecule has 5 rings (SSSR count). The summed E-state index contributed by atoms with van der Waals surface area (Å²) in [4.78, 5) is 31.4. The Morgan fingerprint density at radius 2 is 1.45 bits per heavy atom. The van der Waals surface area contributed by atoms with E-state index in [9.17, 15) is 9.59 Å². The monoisotopic (exact) mass is 565 g/mol. The maximum atomic E-state index is 13.6. The summed E-state index contributed by atoms with van der Waals surface area (Å²) in [6.07, 6.45) is 1.45. The van der Waals surface area contributed by atoms with Crippen molar-refractivity contribution in [3.63, 3.8) is 0 Å². The van der Waals surface area contributed by atoms with Gasteiger partial charge in [0.2, 0.25) is 5.75 Å². The minimum atomic E-state index is -0.654. The number of hydrogen-bond acceptors (Lipinski definition) is 9. The van der Waals surface area contributed by atoms with Crippen molar-refractivity contribution in [1.29, 1.82) is 0 Å². The normalized spacial score (nSPS) is 11.0. The van der Waals surface area contributed by atoms with E-state index in [1.165, 1.54) is 44.4 Å². The number of methoxy groups -OCH3 is 4. The predicted octanol–water partition coefficient (Wildman–Crippen LogP) is 5.20. The molecule has 1 aromatic heterocycles. The Balaban J connectivity index is 1.53. The molecule has 10 nitrogen and oxygen atoms in total. The maximum Gasteiger partial charge on any atom is 0.343 e. The highest BCUT2D eigenvalue weighted by molar-refractivity contribution is 5.94. The Bertz CT molecular complexity index is 1820. The summed E-state index contributed by atoms with van der Waals surface area (Å²) >= 11 is 0. The average Bonchev–Trinajstić information content (AvgIpc) is 3.04. The fourth-order valence-corrected chi connectivity index (χ4v) is 4.32. The molecule has 1 heterocycles. The minimum Gasteiger partial charge on any atom is -0.497 e. The molecule has 10 heteroatoms. The average molecular weight is 566 g/mol. The standard InChI is InChI=1S/C32H27N3O7/c1-38-23-15-13-20(14-16-23)30-34-25-11-7-6-10-24(25)31(36)35(30)33-19-21-9-5-8-12-26(21)42-32(37)22-17-27(39-2)29(41-4)28(18-22)40-3/h5-19H,1-4H3. The number of carbonyl (C=O) groups is 1. The van der Waals surface area contributed by atoms with Crippen LogP contribution in [0.3, 0.4) is 0 Å². The summed E-state index contributed by atoms with van der Waals surface area (Å²) in [5.41, 5.74) is 1.50. The van der Waals surface area contributed by atoms with E-state index in [1.807, 2.05) is 6.07 Å². The van der Waals surface area contributed by atoms with Gasteiger partial charge in [-0.3, -0.25) is 4.79 Å². The van der Waals surface area contributed by atoms with Crippen LogP contribution < -0.4 is 29.2 Å². The third-order valence-corrected chi connectivity index (χ3v) is 6.44. The van der Waals surface area contributed by atoms with Gasteiger partial charge in [-0.1, -0.05) is 24.3 Å². The van der Waals surface area contributed by atoms with Crippen LogP contribution in [0.5, 0.6) is 28.7 Å². The molecule has 0 aliphatic rings. The number of carbonyl (C=O) groups excluding carboxylic acids is 1. The van der Waals surface area contributed by atoms with E-state index < -0.39 is 5.97 Å². The van der Waals surface area contributed by atoms with E-state index in [2.05, 4.69) is 5.10 Å². The van der Waals surface area contributed by atoms with Gasteiger partial charge < -0.3 is 23.7 Å². The van der Waals surface area contributed by atoms with Crippen LogP contribution in [0.2, 0.25) is 0 Å². The van der Waals surface area contributed by atoms with Gasteiger partial charge in [0.15, 0.2) is 17.3 Å². The number of esters is 1. The van der Waals surface area contributed by atoms with Crippen molar-refractivity contribution in [2.24, 2.45) is 5.10 Å². The van der Waals surface area contributed by atoms with Gasteiger partial charge in [-0.25, -0.2) is 9.78 Å². The first-order valence-corrected chi connectivity index (χ1v) is 12.8. The lowest BCUT2D eigenvalue weighted by Gasteiger charge is -2.14. The summed E-state index contributed by atoms with van der Waals surface area (Å²) < 4.78 is 28.3. The molecule has 0 fully saturated rings. The molecule has 42 heavy (non-hydrogen) atoms. The lowest BCUT2D eigenvalue weighted by molar-refractivity contribution is 0.0733. The molecule has 212 valence electrons. The number of fused-ring (bicyclic) bond motifs is 1. The first-order chi connectivity index (χ1) is 20.5. The fourth-order valence-electron chi connectivity index (χ4n) is 4.32. The zero-order valence-electron chi connectivity index (χ0n) is 23.4. The molecule has 0 radical (unpaired) electrons. The number of benzene rings is 4. The zero-order chi connectivity index (χ0) is 29.6. The largest absolute Gasteiger partial charge is 0.497 e. The van der Waals surface area contributed by atoms with Gasteiger partial charge in [0.05, 0.1) is 51.1 Å². The zero-order valence-corrected chi connectivity index (χ0v) is 23.4. The molecule has 0 aliphatic carbocycles. The van der Waals surface area contributed by atoms with E-state index in [0.717, 1.165) is 0 Å². The van der Waals surface area contributed by atoms with E-state index in [1.54, 1.807) is 73.8 Å². The molecular weight excluding hydrogens is 538 g/mol. The summed E-state index contributed by atoms with van der Waals surface area (Å²) in [7, 11) is 5.98. The van der Waals surface area contributed by atoms with Crippen LogP contribution >= 0.6 is 0 Å². The molecule has 0 bridgehead atoms. The number of ether oxygens (including phenoxy) is 5. The number of rotatable bonds is 9. The first kappa shape index (κ1) is 27.9. The second kappa shape index (κ2) is 12.3. The number of nitrogens with zero attached hydrogens (tertiary/aromatic N) is 3. The van der Waals surface area contributed by atoms with Crippen LogP contribution in [-0.2, 0) is 0 Å². The third kappa shape index (κ3) is 5.50. The van der Waals surface area contributed by atoms with Crippen molar-refractivity contribution in [3.05, 3.63) is 106 Å². The molecule has 0 atom stereocenters. The van der Waals surface area contributed by atoms with Crippen LogP contribution in [0.4, 0.5) is 0 Å².